The average molecular weight is 372 g/mol. The lowest BCUT2D eigenvalue weighted by Crippen LogP contribution is -2.25. The zero-order valence-electron chi connectivity index (χ0n) is 13.2. The highest BCUT2D eigenvalue weighted by Gasteiger charge is 2.08. The molecule has 1 rings (SSSR count). The molecule has 0 aromatic heterocycles. The molecule has 0 saturated heterocycles. The van der Waals surface area contributed by atoms with E-state index in [1.165, 1.54) is 21.6 Å². The maximum atomic E-state index is 12.0. The molecule has 9 heteroatoms. The third-order valence-electron chi connectivity index (χ3n) is 2.60. The van der Waals surface area contributed by atoms with Crippen LogP contribution in [0.1, 0.15) is 23.7 Å². The molecule has 1 aromatic carbocycles. The van der Waals surface area contributed by atoms with Crippen molar-refractivity contribution in [2.45, 2.75) is 13.3 Å². The third-order valence-corrected chi connectivity index (χ3v) is 5.01. The third kappa shape index (κ3) is 8.68. The number of carboxylic acids is 1. The number of nitrogens with one attached hydrogen (secondary N) is 2. The number of anilines is 1. The number of hydrogen-bond donors (Lipinski definition) is 3. The van der Waals surface area contributed by atoms with E-state index in [9.17, 15) is 14.4 Å². The first kappa shape index (κ1) is 20.2. The van der Waals surface area contributed by atoms with E-state index in [0.717, 1.165) is 0 Å². The highest BCUT2D eigenvalue weighted by Crippen LogP contribution is 2.21. The lowest BCUT2D eigenvalue weighted by Gasteiger charge is -2.08. The number of carbonyl (C=O) groups excluding carboxylic acids is 2. The Morgan fingerprint density at radius 1 is 1.21 bits per heavy atom. The molecular formula is C15H20N2O5S2. The van der Waals surface area contributed by atoms with Crippen LogP contribution in [0.15, 0.2) is 24.3 Å². The smallest absolute Gasteiger partial charge is 0.411 e. The largest absolute Gasteiger partial charge is 0.481 e. The molecule has 0 heterocycles. The van der Waals surface area contributed by atoms with Crippen molar-refractivity contribution in [3.05, 3.63) is 29.8 Å². The molecule has 3 N–H and O–H groups in total. The van der Waals surface area contributed by atoms with Crippen molar-refractivity contribution in [1.29, 1.82) is 0 Å². The molecule has 0 spiro atoms. The number of carbonyl (C=O) groups is 3. The van der Waals surface area contributed by atoms with Gasteiger partial charge in [-0.2, -0.15) is 0 Å². The minimum Gasteiger partial charge on any atom is -0.481 e. The summed E-state index contributed by atoms with van der Waals surface area (Å²) in [5.74, 6) is 0.165. The summed E-state index contributed by atoms with van der Waals surface area (Å²) in [6.07, 6.45) is -0.436. The minimum atomic E-state index is -0.812. The summed E-state index contributed by atoms with van der Waals surface area (Å²) in [5, 5.41) is 13.8. The molecule has 132 valence electrons. The first-order valence-electron chi connectivity index (χ1n) is 7.31. The molecule has 1 aromatic rings. The van der Waals surface area contributed by atoms with E-state index in [2.05, 4.69) is 10.6 Å². The predicted molar refractivity (Wildman–Crippen MR) is 96.6 cm³/mol. The van der Waals surface area contributed by atoms with Crippen LogP contribution >= 0.6 is 21.6 Å². The fourth-order valence-corrected chi connectivity index (χ4v) is 3.46. The van der Waals surface area contributed by atoms with Crippen molar-refractivity contribution >= 4 is 45.2 Å². The monoisotopic (exact) mass is 372 g/mol. The number of carboxylic acid groups (broad SMARTS) is 1. The Bertz CT molecular complexity index is 569. The summed E-state index contributed by atoms with van der Waals surface area (Å²) >= 11 is 0. The molecule has 2 amide bonds. The molecule has 24 heavy (non-hydrogen) atoms. The number of amides is 2. The van der Waals surface area contributed by atoms with Gasteiger partial charge in [-0.1, -0.05) is 27.7 Å². The number of benzene rings is 1. The molecule has 0 saturated carbocycles. The van der Waals surface area contributed by atoms with Crippen LogP contribution in [0.5, 0.6) is 0 Å². The van der Waals surface area contributed by atoms with Crippen LogP contribution in [0.3, 0.4) is 0 Å². The molecule has 0 radical (unpaired) electrons. The second-order valence-corrected chi connectivity index (χ2v) is 7.17. The minimum absolute atomic E-state index is 0.129. The van der Waals surface area contributed by atoms with Crippen LogP contribution in [0.4, 0.5) is 10.5 Å². The van der Waals surface area contributed by atoms with E-state index < -0.39 is 12.1 Å². The van der Waals surface area contributed by atoms with Crippen LogP contribution in [0.2, 0.25) is 0 Å². The molecule has 0 aliphatic carbocycles. The summed E-state index contributed by atoms with van der Waals surface area (Å²) in [7, 11) is 2.98. The lowest BCUT2D eigenvalue weighted by molar-refractivity contribution is -0.136. The highest BCUT2D eigenvalue weighted by atomic mass is 33.1. The SMILES string of the molecule is CCOC(=O)Nc1cccc(C(=O)NCCSSCCC(=O)O)c1. The zero-order chi connectivity index (χ0) is 17.8. The van der Waals surface area contributed by atoms with Crippen molar-refractivity contribution in [1.82, 2.24) is 5.32 Å². The summed E-state index contributed by atoms with van der Waals surface area (Å²) < 4.78 is 4.78. The Labute approximate surface area is 148 Å². The zero-order valence-corrected chi connectivity index (χ0v) is 14.9. The number of hydrogen-bond acceptors (Lipinski definition) is 6. The second kappa shape index (κ2) is 11.6. The summed E-state index contributed by atoms with van der Waals surface area (Å²) in [6.45, 7) is 2.45. The quantitative estimate of drug-likeness (QED) is 0.428. The van der Waals surface area contributed by atoms with Crippen LogP contribution < -0.4 is 10.6 Å². The Morgan fingerprint density at radius 2 is 1.96 bits per heavy atom. The molecule has 0 fully saturated rings. The number of aliphatic carboxylic acids is 1. The van der Waals surface area contributed by atoms with Gasteiger partial charge in [-0.15, -0.1) is 0 Å². The molecule has 0 atom stereocenters. The van der Waals surface area contributed by atoms with Gasteiger partial charge in [0.1, 0.15) is 0 Å². The van der Waals surface area contributed by atoms with Gasteiger partial charge in [-0.05, 0) is 25.1 Å². The van der Waals surface area contributed by atoms with E-state index in [1.807, 2.05) is 0 Å². The molecule has 0 bridgehead atoms. The summed E-state index contributed by atoms with van der Waals surface area (Å²) in [4.78, 5) is 33.7. The van der Waals surface area contributed by atoms with E-state index in [0.29, 0.717) is 29.3 Å². The van der Waals surface area contributed by atoms with Crippen molar-refractivity contribution in [3.8, 4) is 0 Å². The van der Waals surface area contributed by atoms with Gasteiger partial charge in [-0.25, -0.2) is 4.79 Å². The van der Waals surface area contributed by atoms with E-state index in [4.69, 9.17) is 9.84 Å². The normalized spacial score (nSPS) is 10.0. The lowest BCUT2D eigenvalue weighted by atomic mass is 10.2. The topological polar surface area (TPSA) is 105 Å². The Kier molecular flexibility index (Phi) is 9.78. The molecule has 7 nitrogen and oxygen atoms in total. The van der Waals surface area contributed by atoms with Gasteiger partial charge in [0.05, 0.1) is 13.0 Å². The molecule has 0 unspecified atom stereocenters. The Morgan fingerprint density at radius 3 is 2.67 bits per heavy atom. The molecule has 0 aliphatic rings. The summed E-state index contributed by atoms with van der Waals surface area (Å²) in [5.41, 5.74) is 0.924. The van der Waals surface area contributed by atoms with Gasteiger partial charge < -0.3 is 15.2 Å². The molecule has 0 aliphatic heterocycles. The van der Waals surface area contributed by atoms with Crippen molar-refractivity contribution in [2.75, 3.05) is 30.0 Å². The fourth-order valence-electron chi connectivity index (χ4n) is 1.58. The van der Waals surface area contributed by atoms with Crippen molar-refractivity contribution in [2.24, 2.45) is 0 Å². The Hall–Kier alpha value is -1.87. The predicted octanol–water partition coefficient (Wildman–Crippen LogP) is 2.84. The summed E-state index contributed by atoms with van der Waals surface area (Å²) in [6, 6.07) is 6.57. The van der Waals surface area contributed by atoms with Gasteiger partial charge in [0.2, 0.25) is 0 Å². The number of ether oxygens (including phenoxy) is 1. The van der Waals surface area contributed by atoms with Crippen molar-refractivity contribution in [3.63, 3.8) is 0 Å². The first-order chi connectivity index (χ1) is 11.5. The highest BCUT2D eigenvalue weighted by molar-refractivity contribution is 8.76. The van der Waals surface area contributed by atoms with Crippen LogP contribution in [0.25, 0.3) is 0 Å². The van der Waals surface area contributed by atoms with Gasteiger partial charge >= 0.3 is 12.1 Å². The second-order valence-electron chi connectivity index (χ2n) is 4.47. The van der Waals surface area contributed by atoms with Gasteiger partial charge in [0, 0.05) is 29.3 Å². The van der Waals surface area contributed by atoms with E-state index in [-0.39, 0.29) is 18.9 Å². The maximum absolute atomic E-state index is 12.0. The number of rotatable bonds is 10. The van der Waals surface area contributed by atoms with Crippen molar-refractivity contribution < 1.29 is 24.2 Å². The van der Waals surface area contributed by atoms with E-state index >= 15 is 0 Å². The van der Waals surface area contributed by atoms with E-state index in [1.54, 1.807) is 31.2 Å². The standard InChI is InChI=1S/C15H20N2O5S2/c1-2-22-15(21)17-12-5-3-4-11(10-12)14(20)16-7-9-24-23-8-6-13(18)19/h3-5,10H,2,6-9H2,1H3,(H,16,20)(H,17,21)(H,18,19). The fraction of sp³-hybridized carbons (Fsp3) is 0.400. The van der Waals surface area contributed by atoms with Gasteiger partial charge in [0.15, 0.2) is 0 Å². The Balaban J connectivity index is 2.32. The first-order valence-corrected chi connectivity index (χ1v) is 9.80. The molecular weight excluding hydrogens is 352 g/mol. The van der Waals surface area contributed by atoms with Gasteiger partial charge in [0.25, 0.3) is 5.91 Å². The van der Waals surface area contributed by atoms with Crippen LogP contribution in [0, 0.1) is 0 Å². The van der Waals surface area contributed by atoms with Gasteiger partial charge in [-0.3, -0.25) is 14.9 Å². The van der Waals surface area contributed by atoms with Crippen LogP contribution in [-0.4, -0.2) is 47.7 Å². The maximum Gasteiger partial charge on any atom is 0.411 e. The average Bonchev–Trinajstić information content (AvgIpc) is 2.54. The van der Waals surface area contributed by atoms with Crippen LogP contribution in [-0.2, 0) is 9.53 Å².